The minimum absolute atomic E-state index is 0.777. The molecule has 0 aliphatic heterocycles. The topological polar surface area (TPSA) is 47.7 Å². The summed E-state index contributed by atoms with van der Waals surface area (Å²) in [6.45, 7) is 0.777. The van der Waals surface area contributed by atoms with Crippen molar-refractivity contribution >= 4 is 11.0 Å². The van der Waals surface area contributed by atoms with Crippen LogP contribution in [0.15, 0.2) is 30.6 Å². The van der Waals surface area contributed by atoms with E-state index in [2.05, 4.69) is 39.7 Å². The highest BCUT2D eigenvalue weighted by atomic mass is 15.3. The average molecular weight is 255 g/mol. The van der Waals surface area contributed by atoms with E-state index in [-0.39, 0.29) is 0 Å². The molecule has 2 heterocycles. The lowest BCUT2D eigenvalue weighted by Crippen LogP contribution is -2.05. The number of benzene rings is 1. The minimum atomic E-state index is 0.777. The summed E-state index contributed by atoms with van der Waals surface area (Å²) in [7, 11) is 5.90. The SMILES string of the molecule is CNCc1cc(-c2ccc3c(c2)ncn3C)n(C)n1. The van der Waals surface area contributed by atoms with Gasteiger partial charge in [0.2, 0.25) is 0 Å². The van der Waals surface area contributed by atoms with Gasteiger partial charge < -0.3 is 9.88 Å². The van der Waals surface area contributed by atoms with Crippen LogP contribution in [0.25, 0.3) is 22.3 Å². The van der Waals surface area contributed by atoms with Crippen molar-refractivity contribution in [3.05, 3.63) is 36.3 Å². The van der Waals surface area contributed by atoms with Crippen LogP contribution in [0.3, 0.4) is 0 Å². The largest absolute Gasteiger partial charge is 0.334 e. The summed E-state index contributed by atoms with van der Waals surface area (Å²) < 4.78 is 3.94. The smallest absolute Gasteiger partial charge is 0.0955 e. The van der Waals surface area contributed by atoms with Gasteiger partial charge in [-0.25, -0.2) is 4.98 Å². The molecule has 0 atom stereocenters. The van der Waals surface area contributed by atoms with Gasteiger partial charge in [-0.3, -0.25) is 4.68 Å². The van der Waals surface area contributed by atoms with E-state index < -0.39 is 0 Å². The van der Waals surface area contributed by atoms with E-state index in [9.17, 15) is 0 Å². The van der Waals surface area contributed by atoms with E-state index in [1.54, 1.807) is 0 Å². The van der Waals surface area contributed by atoms with Crippen molar-refractivity contribution in [3.8, 4) is 11.3 Å². The molecule has 0 aliphatic rings. The van der Waals surface area contributed by atoms with Crippen molar-refractivity contribution in [1.29, 1.82) is 0 Å². The maximum absolute atomic E-state index is 4.49. The molecule has 1 aromatic carbocycles. The van der Waals surface area contributed by atoms with E-state index in [1.807, 2.05) is 36.7 Å². The maximum Gasteiger partial charge on any atom is 0.0955 e. The number of hydrogen-bond acceptors (Lipinski definition) is 3. The summed E-state index contributed by atoms with van der Waals surface area (Å²) in [5.41, 5.74) is 5.44. The van der Waals surface area contributed by atoms with E-state index in [0.29, 0.717) is 0 Å². The monoisotopic (exact) mass is 255 g/mol. The first-order valence-corrected chi connectivity index (χ1v) is 6.28. The van der Waals surface area contributed by atoms with Gasteiger partial charge >= 0.3 is 0 Å². The second-order valence-electron chi connectivity index (χ2n) is 4.73. The lowest BCUT2D eigenvalue weighted by atomic mass is 10.1. The third-order valence-electron chi connectivity index (χ3n) is 3.31. The fourth-order valence-corrected chi connectivity index (χ4v) is 2.36. The van der Waals surface area contributed by atoms with Crippen LogP contribution >= 0.6 is 0 Å². The van der Waals surface area contributed by atoms with Crippen LogP contribution in [0.1, 0.15) is 5.69 Å². The third kappa shape index (κ3) is 2.02. The summed E-state index contributed by atoms with van der Waals surface area (Å²) in [5, 5.41) is 7.61. The summed E-state index contributed by atoms with van der Waals surface area (Å²) in [6, 6.07) is 8.43. The molecule has 0 fully saturated rings. The summed E-state index contributed by atoms with van der Waals surface area (Å²) in [6.07, 6.45) is 1.84. The van der Waals surface area contributed by atoms with Crippen molar-refractivity contribution in [2.75, 3.05) is 7.05 Å². The Labute approximate surface area is 111 Å². The number of hydrogen-bond donors (Lipinski definition) is 1. The first-order valence-electron chi connectivity index (χ1n) is 6.28. The lowest BCUT2D eigenvalue weighted by molar-refractivity contribution is 0.716. The number of nitrogens with zero attached hydrogens (tertiary/aromatic N) is 4. The Morgan fingerprint density at radius 1 is 1.21 bits per heavy atom. The van der Waals surface area contributed by atoms with Crippen LogP contribution in [-0.2, 0) is 20.6 Å². The van der Waals surface area contributed by atoms with Crippen molar-refractivity contribution in [1.82, 2.24) is 24.6 Å². The van der Waals surface area contributed by atoms with Gasteiger partial charge in [0.25, 0.3) is 0 Å². The molecule has 0 amide bonds. The Kier molecular flexibility index (Phi) is 2.83. The summed E-state index contributed by atoms with van der Waals surface area (Å²) in [5.74, 6) is 0. The molecule has 0 unspecified atom stereocenters. The van der Waals surface area contributed by atoms with Crippen LogP contribution in [0.2, 0.25) is 0 Å². The zero-order chi connectivity index (χ0) is 13.4. The molecule has 0 aliphatic carbocycles. The summed E-state index contributed by atoms with van der Waals surface area (Å²) in [4.78, 5) is 4.40. The van der Waals surface area contributed by atoms with Gasteiger partial charge in [-0.05, 0) is 25.2 Å². The highest BCUT2D eigenvalue weighted by Gasteiger charge is 2.09. The number of imidazole rings is 1. The van der Waals surface area contributed by atoms with E-state index in [0.717, 1.165) is 34.5 Å². The van der Waals surface area contributed by atoms with E-state index >= 15 is 0 Å². The Morgan fingerprint density at radius 3 is 2.84 bits per heavy atom. The molecule has 0 bridgehead atoms. The van der Waals surface area contributed by atoms with Crippen molar-refractivity contribution in [2.45, 2.75) is 6.54 Å². The molecule has 0 saturated heterocycles. The van der Waals surface area contributed by atoms with Gasteiger partial charge in [0.1, 0.15) is 0 Å². The fraction of sp³-hybridized carbons (Fsp3) is 0.286. The van der Waals surface area contributed by atoms with Crippen LogP contribution in [0.4, 0.5) is 0 Å². The Balaban J connectivity index is 2.08. The van der Waals surface area contributed by atoms with Crippen molar-refractivity contribution in [3.63, 3.8) is 0 Å². The first kappa shape index (κ1) is 11.9. The average Bonchev–Trinajstić information content (AvgIpc) is 2.94. The standard InChI is InChI=1S/C14H17N5/c1-15-8-11-7-14(19(3)17-11)10-4-5-13-12(6-10)16-9-18(13)2/h4-7,9,15H,8H2,1-3H3. The molecule has 3 aromatic rings. The Hall–Kier alpha value is -2.14. The van der Waals surface area contributed by atoms with E-state index in [1.165, 1.54) is 0 Å². The number of rotatable bonds is 3. The maximum atomic E-state index is 4.49. The lowest BCUT2D eigenvalue weighted by Gasteiger charge is -2.02. The second kappa shape index (κ2) is 4.51. The first-order chi connectivity index (χ1) is 9.19. The number of aromatic nitrogens is 4. The molecule has 0 saturated carbocycles. The quantitative estimate of drug-likeness (QED) is 0.775. The molecule has 0 spiro atoms. The van der Waals surface area contributed by atoms with Gasteiger partial charge in [0, 0.05) is 26.2 Å². The van der Waals surface area contributed by atoms with Crippen LogP contribution in [0.5, 0.6) is 0 Å². The number of aryl methyl sites for hydroxylation is 2. The highest BCUT2D eigenvalue weighted by molar-refractivity contribution is 5.81. The Morgan fingerprint density at radius 2 is 2.05 bits per heavy atom. The van der Waals surface area contributed by atoms with Crippen LogP contribution < -0.4 is 5.32 Å². The van der Waals surface area contributed by atoms with E-state index in [4.69, 9.17) is 0 Å². The van der Waals surface area contributed by atoms with Crippen molar-refractivity contribution < 1.29 is 0 Å². The van der Waals surface area contributed by atoms with Crippen LogP contribution in [0, 0.1) is 0 Å². The van der Waals surface area contributed by atoms with Gasteiger partial charge in [0.05, 0.1) is 28.7 Å². The number of fused-ring (bicyclic) bond motifs is 1. The highest BCUT2D eigenvalue weighted by Crippen LogP contribution is 2.24. The molecule has 1 N–H and O–H groups in total. The number of nitrogens with one attached hydrogen (secondary N) is 1. The van der Waals surface area contributed by atoms with Crippen LogP contribution in [-0.4, -0.2) is 26.4 Å². The Bertz CT molecular complexity index is 723. The predicted molar refractivity (Wildman–Crippen MR) is 75.7 cm³/mol. The second-order valence-corrected chi connectivity index (χ2v) is 4.73. The van der Waals surface area contributed by atoms with Gasteiger partial charge in [0.15, 0.2) is 0 Å². The molecule has 2 aromatic heterocycles. The minimum Gasteiger partial charge on any atom is -0.334 e. The molecular formula is C14H17N5. The van der Waals surface area contributed by atoms with Gasteiger partial charge in [-0.2, -0.15) is 5.10 Å². The fourth-order valence-electron chi connectivity index (χ4n) is 2.36. The molecule has 5 nitrogen and oxygen atoms in total. The zero-order valence-corrected chi connectivity index (χ0v) is 11.4. The molecule has 3 rings (SSSR count). The normalized spacial score (nSPS) is 11.3. The third-order valence-corrected chi connectivity index (χ3v) is 3.31. The summed E-state index contributed by atoms with van der Waals surface area (Å²) >= 11 is 0. The molecule has 98 valence electrons. The van der Waals surface area contributed by atoms with Gasteiger partial charge in [-0.1, -0.05) is 6.07 Å². The van der Waals surface area contributed by atoms with Crippen molar-refractivity contribution in [2.24, 2.45) is 14.1 Å². The predicted octanol–water partition coefficient (Wildman–Crippen LogP) is 1.69. The molecular weight excluding hydrogens is 238 g/mol. The van der Waals surface area contributed by atoms with Gasteiger partial charge in [-0.15, -0.1) is 0 Å². The molecule has 5 heteroatoms. The molecule has 19 heavy (non-hydrogen) atoms. The molecule has 0 radical (unpaired) electrons. The zero-order valence-electron chi connectivity index (χ0n) is 11.4.